The fraction of sp³-hybridized carbons (Fsp3) is 0.412. The molecule has 1 aliphatic rings. The molecular weight excluding hydrogens is 278 g/mol. The molecule has 0 aliphatic carbocycles. The Morgan fingerprint density at radius 1 is 1.23 bits per heavy atom. The molecule has 1 saturated heterocycles. The van der Waals surface area contributed by atoms with Crippen molar-refractivity contribution in [2.45, 2.75) is 32.4 Å². The van der Waals surface area contributed by atoms with Crippen LogP contribution < -0.4 is 0 Å². The van der Waals surface area contributed by atoms with E-state index in [9.17, 15) is 4.79 Å². The number of nitrogens with zero attached hydrogens (tertiary/aromatic N) is 3. The first kappa shape index (κ1) is 14.8. The number of rotatable bonds is 5. The van der Waals surface area contributed by atoms with Crippen LogP contribution in [0.5, 0.6) is 0 Å². The summed E-state index contributed by atoms with van der Waals surface area (Å²) in [6.45, 7) is 4.52. The van der Waals surface area contributed by atoms with Crippen molar-refractivity contribution >= 4 is 5.97 Å². The molecule has 0 bridgehead atoms. The zero-order valence-corrected chi connectivity index (χ0v) is 12.8. The van der Waals surface area contributed by atoms with Crippen molar-refractivity contribution in [2.24, 2.45) is 0 Å². The molecule has 5 heteroatoms. The van der Waals surface area contributed by atoms with Gasteiger partial charge in [-0.3, -0.25) is 14.4 Å². The van der Waals surface area contributed by atoms with E-state index in [0.29, 0.717) is 6.04 Å². The van der Waals surface area contributed by atoms with Gasteiger partial charge in [0.15, 0.2) is 0 Å². The molecule has 2 heterocycles. The number of carboxylic acid groups (broad SMARTS) is 1. The van der Waals surface area contributed by atoms with Gasteiger partial charge in [0.1, 0.15) is 6.54 Å². The maximum absolute atomic E-state index is 10.7. The Morgan fingerprint density at radius 3 is 2.55 bits per heavy atom. The number of carbonyl (C=O) groups is 1. The average Bonchev–Trinajstić information content (AvgIpc) is 3.17. The van der Waals surface area contributed by atoms with Gasteiger partial charge in [0, 0.05) is 17.8 Å². The lowest BCUT2D eigenvalue weighted by Gasteiger charge is -2.24. The van der Waals surface area contributed by atoms with Crippen molar-refractivity contribution < 1.29 is 9.90 Å². The third kappa shape index (κ3) is 3.20. The first-order chi connectivity index (χ1) is 10.6. The fourth-order valence-electron chi connectivity index (χ4n) is 3.03. The van der Waals surface area contributed by atoms with Crippen LogP contribution in [-0.4, -0.2) is 38.8 Å². The second kappa shape index (κ2) is 6.32. The van der Waals surface area contributed by atoms with E-state index >= 15 is 0 Å². The molecular formula is C17H21N3O2. The lowest BCUT2D eigenvalue weighted by molar-refractivity contribution is -0.137. The predicted octanol–water partition coefficient (Wildman–Crippen LogP) is 2.79. The number of aromatic nitrogens is 2. The average molecular weight is 299 g/mol. The SMILES string of the molecule is CC(c1ccc(-c2cnn(CC(=O)O)c2)cc1)N1CCCC1. The van der Waals surface area contributed by atoms with E-state index in [2.05, 4.69) is 41.2 Å². The van der Waals surface area contributed by atoms with Crippen LogP contribution in [0.15, 0.2) is 36.7 Å². The van der Waals surface area contributed by atoms with E-state index < -0.39 is 5.97 Å². The lowest BCUT2D eigenvalue weighted by Crippen LogP contribution is -2.23. The molecule has 2 aromatic rings. The van der Waals surface area contributed by atoms with E-state index in [-0.39, 0.29) is 6.54 Å². The van der Waals surface area contributed by atoms with Crippen molar-refractivity contribution in [3.63, 3.8) is 0 Å². The van der Waals surface area contributed by atoms with Gasteiger partial charge < -0.3 is 5.11 Å². The highest BCUT2D eigenvalue weighted by Gasteiger charge is 2.19. The van der Waals surface area contributed by atoms with Crippen LogP contribution in [0, 0.1) is 0 Å². The topological polar surface area (TPSA) is 58.4 Å². The molecule has 0 spiro atoms. The number of likely N-dealkylation sites (tertiary alicyclic amines) is 1. The normalized spacial score (nSPS) is 16.8. The van der Waals surface area contributed by atoms with Gasteiger partial charge in [0.25, 0.3) is 0 Å². The Hall–Kier alpha value is -2.14. The monoisotopic (exact) mass is 299 g/mol. The minimum atomic E-state index is -0.885. The third-order valence-corrected chi connectivity index (χ3v) is 4.35. The molecule has 116 valence electrons. The van der Waals surface area contributed by atoms with Crippen LogP contribution in [0.2, 0.25) is 0 Å². The molecule has 1 aromatic heterocycles. The highest BCUT2D eigenvalue weighted by Crippen LogP contribution is 2.27. The molecule has 22 heavy (non-hydrogen) atoms. The minimum absolute atomic E-state index is 0.107. The molecule has 1 fully saturated rings. The molecule has 0 saturated carbocycles. The Labute approximate surface area is 130 Å². The Balaban J connectivity index is 1.73. The van der Waals surface area contributed by atoms with Gasteiger partial charge in [0.05, 0.1) is 6.20 Å². The van der Waals surface area contributed by atoms with Crippen LogP contribution in [0.4, 0.5) is 0 Å². The second-order valence-electron chi connectivity index (χ2n) is 5.86. The van der Waals surface area contributed by atoms with Crippen LogP contribution in [-0.2, 0) is 11.3 Å². The van der Waals surface area contributed by atoms with Gasteiger partial charge in [-0.05, 0) is 44.0 Å². The van der Waals surface area contributed by atoms with Crippen molar-refractivity contribution in [1.29, 1.82) is 0 Å². The van der Waals surface area contributed by atoms with Crippen molar-refractivity contribution in [1.82, 2.24) is 14.7 Å². The molecule has 0 radical (unpaired) electrons. The maximum atomic E-state index is 10.7. The predicted molar refractivity (Wildman–Crippen MR) is 84.5 cm³/mol. The molecule has 5 nitrogen and oxygen atoms in total. The molecule has 1 atom stereocenters. The van der Waals surface area contributed by atoms with Gasteiger partial charge in [-0.25, -0.2) is 0 Å². The minimum Gasteiger partial charge on any atom is -0.480 e. The molecule has 1 aromatic carbocycles. The highest BCUT2D eigenvalue weighted by atomic mass is 16.4. The van der Waals surface area contributed by atoms with E-state index in [0.717, 1.165) is 11.1 Å². The zero-order chi connectivity index (χ0) is 15.5. The quantitative estimate of drug-likeness (QED) is 0.922. The summed E-state index contributed by atoms with van der Waals surface area (Å²) in [7, 11) is 0. The highest BCUT2D eigenvalue weighted by molar-refractivity contribution is 5.67. The van der Waals surface area contributed by atoms with Crippen LogP contribution in [0.25, 0.3) is 11.1 Å². The molecule has 3 rings (SSSR count). The van der Waals surface area contributed by atoms with E-state index in [1.54, 1.807) is 12.4 Å². The number of hydrogen-bond acceptors (Lipinski definition) is 3. The van der Waals surface area contributed by atoms with Gasteiger partial charge in [-0.15, -0.1) is 0 Å². The smallest absolute Gasteiger partial charge is 0.325 e. The first-order valence-corrected chi connectivity index (χ1v) is 7.72. The molecule has 1 unspecified atom stereocenters. The third-order valence-electron chi connectivity index (χ3n) is 4.35. The summed E-state index contributed by atoms with van der Waals surface area (Å²) < 4.78 is 1.44. The zero-order valence-electron chi connectivity index (χ0n) is 12.8. The summed E-state index contributed by atoms with van der Waals surface area (Å²) >= 11 is 0. The Morgan fingerprint density at radius 2 is 1.91 bits per heavy atom. The van der Waals surface area contributed by atoms with Crippen molar-refractivity contribution in [2.75, 3.05) is 13.1 Å². The summed E-state index contributed by atoms with van der Waals surface area (Å²) in [5.74, 6) is -0.885. The van der Waals surface area contributed by atoms with Crippen LogP contribution in [0.1, 0.15) is 31.4 Å². The van der Waals surface area contributed by atoms with Crippen molar-refractivity contribution in [3.8, 4) is 11.1 Å². The molecule has 0 amide bonds. The lowest BCUT2D eigenvalue weighted by atomic mass is 10.0. The van der Waals surface area contributed by atoms with E-state index in [1.165, 1.54) is 36.2 Å². The number of carboxylic acids is 1. The Bertz CT molecular complexity index is 642. The van der Waals surface area contributed by atoms with E-state index in [4.69, 9.17) is 5.11 Å². The largest absolute Gasteiger partial charge is 0.480 e. The summed E-state index contributed by atoms with van der Waals surface area (Å²) in [6, 6.07) is 8.94. The van der Waals surface area contributed by atoms with Gasteiger partial charge in [-0.1, -0.05) is 24.3 Å². The molecule has 1 aliphatic heterocycles. The first-order valence-electron chi connectivity index (χ1n) is 7.72. The molecule has 1 N–H and O–H groups in total. The van der Waals surface area contributed by atoms with Gasteiger partial charge in [0.2, 0.25) is 0 Å². The van der Waals surface area contributed by atoms with Crippen LogP contribution >= 0.6 is 0 Å². The second-order valence-corrected chi connectivity index (χ2v) is 5.86. The summed E-state index contributed by atoms with van der Waals surface area (Å²) in [6.07, 6.45) is 6.07. The van der Waals surface area contributed by atoms with Crippen molar-refractivity contribution in [3.05, 3.63) is 42.2 Å². The van der Waals surface area contributed by atoms with Crippen LogP contribution in [0.3, 0.4) is 0 Å². The van der Waals surface area contributed by atoms with E-state index in [1.807, 2.05) is 0 Å². The standard InChI is InChI=1S/C17H21N3O2/c1-13(19-8-2-3-9-19)14-4-6-15(7-5-14)16-10-18-20(11-16)12-17(21)22/h4-7,10-11,13H,2-3,8-9,12H2,1H3,(H,21,22). The Kier molecular flexibility index (Phi) is 4.24. The summed E-state index contributed by atoms with van der Waals surface area (Å²) in [5, 5.41) is 12.9. The number of aliphatic carboxylic acids is 1. The van der Waals surface area contributed by atoms with Gasteiger partial charge in [-0.2, -0.15) is 5.10 Å². The van der Waals surface area contributed by atoms with Gasteiger partial charge >= 0.3 is 5.97 Å². The fourth-order valence-corrected chi connectivity index (χ4v) is 3.03. The summed E-state index contributed by atoms with van der Waals surface area (Å²) in [5.41, 5.74) is 3.33. The maximum Gasteiger partial charge on any atom is 0.325 e. The number of hydrogen-bond donors (Lipinski definition) is 1. The number of benzene rings is 1. The summed E-state index contributed by atoms with van der Waals surface area (Å²) in [4.78, 5) is 13.2.